The summed E-state index contributed by atoms with van der Waals surface area (Å²) in [6.45, 7) is 1.71. The number of Topliss-reactive ketones (excluding diaryl/α,β-unsaturated/α-hetero) is 1. The van der Waals surface area contributed by atoms with Crippen molar-refractivity contribution in [2.75, 3.05) is 7.11 Å². The minimum atomic E-state index is -0.516. The van der Waals surface area contributed by atoms with Gasteiger partial charge in [-0.25, -0.2) is 9.97 Å². The van der Waals surface area contributed by atoms with Gasteiger partial charge >= 0.3 is 0 Å². The van der Waals surface area contributed by atoms with Crippen LogP contribution in [0.25, 0.3) is 0 Å². The fraction of sp³-hybridized carbons (Fsp3) is 0.214. The molecule has 0 atom stereocenters. The van der Waals surface area contributed by atoms with E-state index >= 15 is 0 Å². The number of benzene rings is 1. The normalized spacial score (nSPS) is 10.2. The van der Waals surface area contributed by atoms with Gasteiger partial charge in [0.2, 0.25) is 5.88 Å². The van der Waals surface area contributed by atoms with Crippen LogP contribution in [0, 0.1) is 17.0 Å². The second-order valence-corrected chi connectivity index (χ2v) is 4.47. The van der Waals surface area contributed by atoms with Crippen molar-refractivity contribution in [1.82, 2.24) is 9.97 Å². The number of aryl methyl sites for hydroxylation is 1. The molecule has 0 spiro atoms. The van der Waals surface area contributed by atoms with Gasteiger partial charge in [-0.2, -0.15) is 0 Å². The predicted octanol–water partition coefficient (Wildman–Crippen LogP) is 2.13. The molecule has 21 heavy (non-hydrogen) atoms. The standard InChI is InChI=1S/C14H13N3O4/c1-9-3-10(5-12(4-9)17(19)20)13(18)6-11-7-14(21-2)16-8-15-11/h3-5,7-8H,6H2,1-2H3. The molecule has 0 saturated heterocycles. The van der Waals surface area contributed by atoms with Crippen LogP contribution in [0.3, 0.4) is 0 Å². The maximum Gasteiger partial charge on any atom is 0.270 e. The van der Waals surface area contributed by atoms with E-state index in [4.69, 9.17) is 4.74 Å². The third-order valence-electron chi connectivity index (χ3n) is 2.84. The fourth-order valence-electron chi connectivity index (χ4n) is 1.88. The van der Waals surface area contributed by atoms with Gasteiger partial charge in [-0.05, 0) is 18.6 Å². The molecule has 0 aliphatic heterocycles. The lowest BCUT2D eigenvalue weighted by molar-refractivity contribution is -0.384. The highest BCUT2D eigenvalue weighted by molar-refractivity contribution is 5.98. The Morgan fingerprint density at radius 3 is 2.71 bits per heavy atom. The van der Waals surface area contributed by atoms with E-state index in [1.807, 2.05) is 0 Å². The largest absolute Gasteiger partial charge is 0.481 e. The van der Waals surface area contributed by atoms with E-state index in [2.05, 4.69) is 9.97 Å². The average molecular weight is 287 g/mol. The predicted molar refractivity (Wildman–Crippen MR) is 74.5 cm³/mol. The molecule has 0 N–H and O–H groups in total. The minimum Gasteiger partial charge on any atom is -0.481 e. The summed E-state index contributed by atoms with van der Waals surface area (Å²) in [6.07, 6.45) is 1.33. The zero-order valence-corrected chi connectivity index (χ0v) is 11.6. The first kappa shape index (κ1) is 14.6. The molecule has 0 fully saturated rings. The highest BCUT2D eigenvalue weighted by Crippen LogP contribution is 2.18. The van der Waals surface area contributed by atoms with Gasteiger partial charge in [0.05, 0.1) is 24.1 Å². The van der Waals surface area contributed by atoms with E-state index in [1.54, 1.807) is 19.1 Å². The Morgan fingerprint density at radius 1 is 1.29 bits per heavy atom. The van der Waals surface area contributed by atoms with Crippen LogP contribution in [0.2, 0.25) is 0 Å². The molecule has 0 bridgehead atoms. The number of nitrogens with zero attached hydrogens (tertiary/aromatic N) is 3. The minimum absolute atomic E-state index is 0.0273. The summed E-state index contributed by atoms with van der Waals surface area (Å²) in [5.41, 5.74) is 1.35. The van der Waals surface area contributed by atoms with E-state index in [0.29, 0.717) is 22.7 Å². The van der Waals surface area contributed by atoms with Gasteiger partial charge in [0, 0.05) is 23.8 Å². The van der Waals surface area contributed by atoms with Crippen molar-refractivity contribution in [1.29, 1.82) is 0 Å². The number of hydrogen-bond donors (Lipinski definition) is 0. The van der Waals surface area contributed by atoms with E-state index < -0.39 is 4.92 Å². The molecule has 108 valence electrons. The van der Waals surface area contributed by atoms with Crippen LogP contribution in [0.1, 0.15) is 21.6 Å². The molecule has 0 aliphatic carbocycles. The van der Waals surface area contributed by atoms with Crippen molar-refractivity contribution < 1.29 is 14.5 Å². The number of ketones is 1. The SMILES string of the molecule is COc1cc(CC(=O)c2cc(C)cc([N+](=O)[O-])c2)ncn1. The highest BCUT2D eigenvalue weighted by atomic mass is 16.6. The molecule has 7 heteroatoms. The van der Waals surface area contributed by atoms with Gasteiger partial charge in [0.15, 0.2) is 5.78 Å². The van der Waals surface area contributed by atoms with E-state index in [1.165, 1.54) is 25.6 Å². The van der Waals surface area contributed by atoms with Crippen LogP contribution < -0.4 is 4.74 Å². The number of carbonyl (C=O) groups is 1. The fourth-order valence-corrected chi connectivity index (χ4v) is 1.88. The summed E-state index contributed by atoms with van der Waals surface area (Å²) in [5.74, 6) is 0.116. The lowest BCUT2D eigenvalue weighted by Gasteiger charge is -2.04. The van der Waals surface area contributed by atoms with Crippen LogP contribution in [-0.4, -0.2) is 27.8 Å². The Labute approximate surface area is 120 Å². The van der Waals surface area contributed by atoms with E-state index in [0.717, 1.165) is 0 Å². The number of nitro benzene ring substituents is 1. The maximum absolute atomic E-state index is 12.2. The summed E-state index contributed by atoms with van der Waals surface area (Å²) in [6, 6.07) is 5.87. The summed E-state index contributed by atoms with van der Waals surface area (Å²) in [4.78, 5) is 30.4. The van der Waals surface area contributed by atoms with Crippen molar-refractivity contribution in [3.63, 3.8) is 0 Å². The summed E-state index contributed by atoms with van der Waals surface area (Å²) < 4.78 is 4.96. The second-order valence-electron chi connectivity index (χ2n) is 4.47. The molecule has 2 rings (SSSR count). The first-order valence-electron chi connectivity index (χ1n) is 6.14. The molecular weight excluding hydrogens is 274 g/mol. The number of rotatable bonds is 5. The molecule has 1 heterocycles. The summed E-state index contributed by atoms with van der Waals surface area (Å²) in [5, 5.41) is 10.8. The quantitative estimate of drug-likeness (QED) is 0.475. The van der Waals surface area contributed by atoms with Gasteiger partial charge in [-0.3, -0.25) is 14.9 Å². The summed E-state index contributed by atoms with van der Waals surface area (Å²) >= 11 is 0. The zero-order chi connectivity index (χ0) is 15.4. The molecule has 0 radical (unpaired) electrons. The van der Waals surface area contributed by atoms with Crippen molar-refractivity contribution in [2.24, 2.45) is 0 Å². The molecular formula is C14H13N3O4. The van der Waals surface area contributed by atoms with Crippen molar-refractivity contribution in [3.8, 4) is 5.88 Å². The number of nitro groups is 1. The average Bonchev–Trinajstić information content (AvgIpc) is 2.46. The van der Waals surface area contributed by atoms with Crippen LogP contribution in [-0.2, 0) is 6.42 Å². The molecule has 0 saturated carbocycles. The van der Waals surface area contributed by atoms with Gasteiger partial charge in [-0.1, -0.05) is 0 Å². The Morgan fingerprint density at radius 2 is 2.05 bits per heavy atom. The number of hydrogen-bond acceptors (Lipinski definition) is 6. The smallest absolute Gasteiger partial charge is 0.270 e. The third-order valence-corrected chi connectivity index (χ3v) is 2.84. The van der Waals surface area contributed by atoms with Crippen molar-refractivity contribution in [3.05, 3.63) is 57.5 Å². The molecule has 2 aromatic rings. The van der Waals surface area contributed by atoms with Gasteiger partial charge in [-0.15, -0.1) is 0 Å². The molecule has 0 unspecified atom stereocenters. The number of ether oxygens (including phenoxy) is 1. The topological polar surface area (TPSA) is 95.2 Å². The molecule has 0 amide bonds. The van der Waals surface area contributed by atoms with Gasteiger partial charge in [0.25, 0.3) is 5.69 Å². The molecule has 1 aromatic heterocycles. The second kappa shape index (κ2) is 6.08. The highest BCUT2D eigenvalue weighted by Gasteiger charge is 2.14. The summed E-state index contributed by atoms with van der Waals surface area (Å²) in [7, 11) is 1.47. The first-order valence-corrected chi connectivity index (χ1v) is 6.14. The third kappa shape index (κ3) is 3.59. The monoisotopic (exact) mass is 287 g/mol. The van der Waals surface area contributed by atoms with Crippen molar-refractivity contribution in [2.45, 2.75) is 13.3 Å². The Balaban J connectivity index is 2.25. The lowest BCUT2D eigenvalue weighted by atomic mass is 10.0. The lowest BCUT2D eigenvalue weighted by Crippen LogP contribution is -2.07. The van der Waals surface area contributed by atoms with E-state index in [-0.39, 0.29) is 17.9 Å². The van der Waals surface area contributed by atoms with Crippen LogP contribution in [0.4, 0.5) is 5.69 Å². The first-order chi connectivity index (χ1) is 9.99. The molecule has 7 nitrogen and oxygen atoms in total. The van der Waals surface area contributed by atoms with Crippen LogP contribution >= 0.6 is 0 Å². The number of aromatic nitrogens is 2. The number of non-ortho nitro benzene ring substituents is 1. The number of methoxy groups -OCH3 is 1. The Bertz CT molecular complexity index is 700. The zero-order valence-electron chi connectivity index (χ0n) is 11.6. The molecule has 0 aliphatic rings. The Kier molecular flexibility index (Phi) is 4.22. The van der Waals surface area contributed by atoms with Crippen LogP contribution in [0.5, 0.6) is 5.88 Å². The Hall–Kier alpha value is -2.83. The van der Waals surface area contributed by atoms with Gasteiger partial charge in [0.1, 0.15) is 6.33 Å². The molecule has 1 aromatic carbocycles. The maximum atomic E-state index is 12.2. The van der Waals surface area contributed by atoms with E-state index in [9.17, 15) is 14.9 Å². The van der Waals surface area contributed by atoms with Gasteiger partial charge < -0.3 is 4.74 Å². The van der Waals surface area contributed by atoms with Crippen LogP contribution in [0.15, 0.2) is 30.6 Å². The number of carbonyl (C=O) groups excluding carboxylic acids is 1. The van der Waals surface area contributed by atoms with Crippen molar-refractivity contribution >= 4 is 11.5 Å².